The first-order valence-corrected chi connectivity index (χ1v) is 7.55. The number of non-ortho nitro benzene ring substituents is 1. The van der Waals surface area contributed by atoms with Crippen LogP contribution in [-0.2, 0) is 6.54 Å². The molecule has 0 saturated carbocycles. The average Bonchev–Trinajstić information content (AvgIpc) is 2.41. The number of hydrogen-bond acceptors (Lipinski definition) is 3. The lowest BCUT2D eigenvalue weighted by atomic mass is 10.2. The molecule has 2 aromatic carbocycles. The maximum atomic E-state index is 10.8. The molecule has 7 heteroatoms. The number of nitrogens with one attached hydrogen (secondary N) is 1. The van der Waals surface area contributed by atoms with Crippen molar-refractivity contribution in [2.45, 2.75) is 6.54 Å². The molecule has 104 valence electrons. The van der Waals surface area contributed by atoms with Crippen molar-refractivity contribution in [3.63, 3.8) is 0 Å². The zero-order valence-electron chi connectivity index (χ0n) is 10.1. The standard InChI is InChI=1S/C13H9Br2ClN2O2/c14-10-3-2-9(18(19)20)6-13(10)17-7-8-1-4-12(16)11(15)5-8/h1-6,17H,7H2. The van der Waals surface area contributed by atoms with Gasteiger partial charge in [0.25, 0.3) is 5.69 Å². The number of anilines is 1. The SMILES string of the molecule is O=[N+]([O-])c1ccc(Br)c(NCc2ccc(Cl)c(Br)c2)c1. The Balaban J connectivity index is 2.15. The molecule has 2 rings (SSSR count). The van der Waals surface area contributed by atoms with Gasteiger partial charge in [-0.15, -0.1) is 0 Å². The van der Waals surface area contributed by atoms with E-state index in [1.54, 1.807) is 12.1 Å². The highest BCUT2D eigenvalue weighted by atomic mass is 79.9. The summed E-state index contributed by atoms with van der Waals surface area (Å²) in [6.07, 6.45) is 0. The van der Waals surface area contributed by atoms with Gasteiger partial charge in [0, 0.05) is 27.6 Å². The Bertz CT molecular complexity index is 665. The van der Waals surface area contributed by atoms with Crippen molar-refractivity contribution in [3.05, 3.63) is 66.0 Å². The summed E-state index contributed by atoms with van der Waals surface area (Å²) in [7, 11) is 0. The molecule has 0 aliphatic carbocycles. The Labute approximate surface area is 137 Å². The van der Waals surface area contributed by atoms with E-state index in [4.69, 9.17) is 11.6 Å². The summed E-state index contributed by atoms with van der Waals surface area (Å²) in [4.78, 5) is 10.3. The van der Waals surface area contributed by atoms with Crippen LogP contribution in [0, 0.1) is 10.1 Å². The summed E-state index contributed by atoms with van der Waals surface area (Å²) in [5, 5.41) is 14.6. The van der Waals surface area contributed by atoms with E-state index in [0.717, 1.165) is 14.5 Å². The molecule has 0 aliphatic rings. The Hall–Kier alpha value is -1.11. The molecule has 0 fully saturated rings. The van der Waals surface area contributed by atoms with E-state index in [1.165, 1.54) is 12.1 Å². The van der Waals surface area contributed by atoms with Crippen LogP contribution in [-0.4, -0.2) is 4.92 Å². The third-order valence-electron chi connectivity index (χ3n) is 2.63. The van der Waals surface area contributed by atoms with Crippen molar-refractivity contribution in [1.82, 2.24) is 0 Å². The summed E-state index contributed by atoms with van der Waals surface area (Å²) in [5.41, 5.74) is 1.73. The molecular weight excluding hydrogens is 411 g/mol. The Morgan fingerprint density at radius 1 is 1.15 bits per heavy atom. The number of halogens is 3. The first kappa shape index (κ1) is 15.3. The van der Waals surface area contributed by atoms with Crippen LogP contribution >= 0.6 is 43.5 Å². The van der Waals surface area contributed by atoms with Gasteiger partial charge in [0.05, 0.1) is 15.6 Å². The summed E-state index contributed by atoms with van der Waals surface area (Å²) >= 11 is 12.7. The molecule has 0 radical (unpaired) electrons. The van der Waals surface area contributed by atoms with Crippen molar-refractivity contribution in [2.75, 3.05) is 5.32 Å². The minimum Gasteiger partial charge on any atom is -0.380 e. The zero-order valence-corrected chi connectivity index (χ0v) is 14.0. The summed E-state index contributed by atoms with van der Waals surface area (Å²) in [6, 6.07) is 10.2. The van der Waals surface area contributed by atoms with Crippen molar-refractivity contribution >= 4 is 54.8 Å². The van der Waals surface area contributed by atoms with Gasteiger partial charge >= 0.3 is 0 Å². The third kappa shape index (κ3) is 3.71. The summed E-state index contributed by atoms with van der Waals surface area (Å²) in [5.74, 6) is 0. The fourth-order valence-electron chi connectivity index (χ4n) is 1.61. The van der Waals surface area contributed by atoms with Gasteiger partial charge in [0.15, 0.2) is 0 Å². The van der Waals surface area contributed by atoms with Crippen LogP contribution < -0.4 is 5.32 Å². The van der Waals surface area contributed by atoms with Gasteiger partial charge in [-0.25, -0.2) is 0 Å². The monoisotopic (exact) mass is 418 g/mol. The molecule has 0 saturated heterocycles. The van der Waals surface area contributed by atoms with E-state index in [2.05, 4.69) is 37.2 Å². The molecular formula is C13H9Br2ClN2O2. The molecule has 0 unspecified atom stereocenters. The number of nitro groups is 1. The zero-order chi connectivity index (χ0) is 14.7. The third-order valence-corrected chi connectivity index (χ3v) is 4.53. The van der Waals surface area contributed by atoms with Crippen LogP contribution in [0.5, 0.6) is 0 Å². The molecule has 0 aromatic heterocycles. The van der Waals surface area contributed by atoms with Crippen molar-refractivity contribution in [1.29, 1.82) is 0 Å². The van der Waals surface area contributed by atoms with Crippen LogP contribution in [0.25, 0.3) is 0 Å². The molecule has 0 spiro atoms. The number of rotatable bonds is 4. The van der Waals surface area contributed by atoms with E-state index < -0.39 is 4.92 Å². The van der Waals surface area contributed by atoms with Gasteiger partial charge in [-0.05, 0) is 55.6 Å². The van der Waals surface area contributed by atoms with E-state index in [9.17, 15) is 10.1 Å². The minimum atomic E-state index is -0.420. The largest absolute Gasteiger partial charge is 0.380 e. The molecule has 0 atom stereocenters. The van der Waals surface area contributed by atoms with Gasteiger partial charge in [0.2, 0.25) is 0 Å². The normalized spacial score (nSPS) is 10.3. The van der Waals surface area contributed by atoms with Gasteiger partial charge in [-0.3, -0.25) is 10.1 Å². The van der Waals surface area contributed by atoms with Crippen LogP contribution in [0.2, 0.25) is 5.02 Å². The Morgan fingerprint density at radius 3 is 2.55 bits per heavy atom. The fraction of sp³-hybridized carbons (Fsp3) is 0.0769. The van der Waals surface area contributed by atoms with Crippen LogP contribution in [0.3, 0.4) is 0 Å². The maximum absolute atomic E-state index is 10.8. The second kappa shape index (κ2) is 6.56. The van der Waals surface area contributed by atoms with E-state index in [-0.39, 0.29) is 5.69 Å². The van der Waals surface area contributed by atoms with Crippen LogP contribution in [0.15, 0.2) is 45.3 Å². The Kier molecular flexibility index (Phi) is 5.01. The second-order valence-corrected chi connectivity index (χ2v) is 6.14. The lowest BCUT2D eigenvalue weighted by molar-refractivity contribution is -0.384. The molecule has 0 bridgehead atoms. The van der Waals surface area contributed by atoms with Crippen LogP contribution in [0.4, 0.5) is 11.4 Å². The molecule has 0 amide bonds. The highest BCUT2D eigenvalue weighted by Crippen LogP contribution is 2.28. The lowest BCUT2D eigenvalue weighted by Crippen LogP contribution is -2.01. The molecule has 2 aromatic rings. The van der Waals surface area contributed by atoms with Gasteiger partial charge < -0.3 is 5.32 Å². The average molecular weight is 420 g/mol. The number of nitrogens with zero attached hydrogens (tertiary/aromatic N) is 1. The number of benzene rings is 2. The van der Waals surface area contributed by atoms with Gasteiger partial charge in [0.1, 0.15) is 0 Å². The predicted molar refractivity (Wildman–Crippen MR) is 87.3 cm³/mol. The topological polar surface area (TPSA) is 55.2 Å². The van der Waals surface area contributed by atoms with E-state index >= 15 is 0 Å². The predicted octanol–water partition coefficient (Wildman–Crippen LogP) is 5.39. The van der Waals surface area contributed by atoms with E-state index in [1.807, 2.05) is 12.1 Å². The van der Waals surface area contributed by atoms with Gasteiger partial charge in [-0.1, -0.05) is 17.7 Å². The second-order valence-electron chi connectivity index (χ2n) is 4.02. The minimum absolute atomic E-state index is 0.0491. The smallest absolute Gasteiger partial charge is 0.271 e. The number of nitro benzene ring substituents is 1. The van der Waals surface area contributed by atoms with Gasteiger partial charge in [-0.2, -0.15) is 0 Å². The summed E-state index contributed by atoms with van der Waals surface area (Å²) < 4.78 is 1.59. The molecule has 4 nitrogen and oxygen atoms in total. The summed E-state index contributed by atoms with van der Waals surface area (Å²) in [6.45, 7) is 0.537. The van der Waals surface area contributed by atoms with E-state index in [0.29, 0.717) is 17.3 Å². The maximum Gasteiger partial charge on any atom is 0.271 e. The highest BCUT2D eigenvalue weighted by Gasteiger charge is 2.09. The van der Waals surface area contributed by atoms with Crippen LogP contribution in [0.1, 0.15) is 5.56 Å². The fourth-order valence-corrected chi connectivity index (χ4v) is 2.54. The first-order valence-electron chi connectivity index (χ1n) is 5.59. The lowest BCUT2D eigenvalue weighted by Gasteiger charge is -2.09. The molecule has 0 aliphatic heterocycles. The molecule has 0 heterocycles. The van der Waals surface area contributed by atoms with Crippen molar-refractivity contribution < 1.29 is 4.92 Å². The first-order chi connectivity index (χ1) is 9.47. The van der Waals surface area contributed by atoms with Crippen molar-refractivity contribution in [2.24, 2.45) is 0 Å². The molecule has 1 N–H and O–H groups in total. The highest BCUT2D eigenvalue weighted by molar-refractivity contribution is 9.11. The Morgan fingerprint density at radius 2 is 1.90 bits per heavy atom. The number of hydrogen-bond donors (Lipinski definition) is 1. The van der Waals surface area contributed by atoms with Crippen molar-refractivity contribution in [3.8, 4) is 0 Å². The molecule has 20 heavy (non-hydrogen) atoms. The quantitative estimate of drug-likeness (QED) is 0.533.